The van der Waals surface area contributed by atoms with Crippen molar-refractivity contribution in [3.8, 4) is 16.9 Å². The number of ether oxygens (including phenoxy) is 2. The van der Waals surface area contributed by atoms with Gasteiger partial charge in [0.15, 0.2) is 0 Å². The van der Waals surface area contributed by atoms with Crippen LogP contribution in [0.3, 0.4) is 0 Å². The second-order valence-corrected chi connectivity index (χ2v) is 3.87. The van der Waals surface area contributed by atoms with Gasteiger partial charge in [-0.3, -0.25) is 4.98 Å². The maximum atomic E-state index is 11.7. The third-order valence-electron chi connectivity index (χ3n) is 2.70. The van der Waals surface area contributed by atoms with Crippen molar-refractivity contribution in [3.05, 3.63) is 48.3 Å². The van der Waals surface area contributed by atoms with E-state index < -0.39 is 0 Å². The minimum atomic E-state index is -0.369. The van der Waals surface area contributed by atoms with Crippen molar-refractivity contribution in [2.24, 2.45) is 0 Å². The summed E-state index contributed by atoms with van der Waals surface area (Å²) in [5.74, 6) is 0.432. The lowest BCUT2D eigenvalue weighted by Crippen LogP contribution is -2.03. The van der Waals surface area contributed by atoms with Gasteiger partial charge in [0.05, 0.1) is 19.3 Å². The predicted octanol–water partition coefficient (Wildman–Crippen LogP) is 2.93. The standard InChI is InChI=1S/C15H15NO3/c1-3-19-12-6-4-11(5-7-12)14-10-16-9-8-13(14)15(17)18-2/h4-10H,3H2,1-2H3. The summed E-state index contributed by atoms with van der Waals surface area (Å²) in [5, 5.41) is 0. The van der Waals surface area contributed by atoms with E-state index in [4.69, 9.17) is 9.47 Å². The highest BCUT2D eigenvalue weighted by atomic mass is 16.5. The van der Waals surface area contributed by atoms with Crippen LogP contribution in [0.2, 0.25) is 0 Å². The lowest BCUT2D eigenvalue weighted by atomic mass is 10.0. The Morgan fingerprint density at radius 2 is 1.95 bits per heavy atom. The minimum absolute atomic E-state index is 0.369. The molecule has 98 valence electrons. The Labute approximate surface area is 112 Å². The first kappa shape index (κ1) is 13.1. The molecule has 0 N–H and O–H groups in total. The highest BCUT2D eigenvalue weighted by Crippen LogP contribution is 2.25. The molecule has 1 heterocycles. The number of carbonyl (C=O) groups is 1. The average molecular weight is 257 g/mol. The Hall–Kier alpha value is -2.36. The first-order chi connectivity index (χ1) is 9.26. The van der Waals surface area contributed by atoms with E-state index in [2.05, 4.69) is 4.98 Å². The summed E-state index contributed by atoms with van der Waals surface area (Å²) in [7, 11) is 1.37. The van der Waals surface area contributed by atoms with E-state index in [1.165, 1.54) is 7.11 Å². The fourth-order valence-corrected chi connectivity index (χ4v) is 1.81. The third kappa shape index (κ3) is 2.91. The van der Waals surface area contributed by atoms with Crippen LogP contribution < -0.4 is 4.74 Å². The Morgan fingerprint density at radius 3 is 2.58 bits per heavy atom. The quantitative estimate of drug-likeness (QED) is 0.790. The average Bonchev–Trinajstić information content (AvgIpc) is 2.47. The fourth-order valence-electron chi connectivity index (χ4n) is 1.81. The zero-order chi connectivity index (χ0) is 13.7. The molecule has 0 aliphatic carbocycles. The molecule has 0 saturated heterocycles. The van der Waals surface area contributed by atoms with Crippen molar-refractivity contribution >= 4 is 5.97 Å². The number of methoxy groups -OCH3 is 1. The molecule has 0 aliphatic rings. The van der Waals surface area contributed by atoms with Gasteiger partial charge in [0.1, 0.15) is 5.75 Å². The van der Waals surface area contributed by atoms with E-state index in [0.29, 0.717) is 12.2 Å². The maximum Gasteiger partial charge on any atom is 0.338 e. The molecule has 1 aromatic heterocycles. The summed E-state index contributed by atoms with van der Waals surface area (Å²) in [6.07, 6.45) is 3.23. The number of pyridine rings is 1. The molecule has 0 aliphatic heterocycles. The molecule has 0 atom stereocenters. The van der Waals surface area contributed by atoms with E-state index in [-0.39, 0.29) is 5.97 Å². The zero-order valence-electron chi connectivity index (χ0n) is 10.9. The maximum absolute atomic E-state index is 11.7. The Bertz CT molecular complexity index is 564. The molecule has 0 radical (unpaired) electrons. The van der Waals surface area contributed by atoms with Crippen LogP contribution in [0.1, 0.15) is 17.3 Å². The highest BCUT2D eigenvalue weighted by molar-refractivity contribution is 5.96. The summed E-state index contributed by atoms with van der Waals surface area (Å²) in [5.41, 5.74) is 2.15. The number of carbonyl (C=O) groups excluding carboxylic acids is 1. The van der Waals surface area contributed by atoms with Crippen molar-refractivity contribution in [1.82, 2.24) is 4.98 Å². The molecule has 2 rings (SSSR count). The van der Waals surface area contributed by atoms with Crippen LogP contribution >= 0.6 is 0 Å². The highest BCUT2D eigenvalue weighted by Gasteiger charge is 2.12. The van der Waals surface area contributed by atoms with Crippen LogP contribution in [0.15, 0.2) is 42.7 Å². The third-order valence-corrected chi connectivity index (χ3v) is 2.70. The van der Waals surface area contributed by atoms with Gasteiger partial charge in [-0.1, -0.05) is 12.1 Å². The van der Waals surface area contributed by atoms with Crippen LogP contribution in [0, 0.1) is 0 Å². The SMILES string of the molecule is CCOc1ccc(-c2cnccc2C(=O)OC)cc1. The van der Waals surface area contributed by atoms with Crippen LogP contribution in [0.4, 0.5) is 0 Å². The minimum Gasteiger partial charge on any atom is -0.494 e. The summed E-state index contributed by atoms with van der Waals surface area (Å²) in [6.45, 7) is 2.56. The van der Waals surface area contributed by atoms with Gasteiger partial charge < -0.3 is 9.47 Å². The second-order valence-electron chi connectivity index (χ2n) is 3.87. The molecule has 0 spiro atoms. The van der Waals surface area contributed by atoms with E-state index in [0.717, 1.165) is 16.9 Å². The summed E-state index contributed by atoms with van der Waals surface area (Å²) in [6, 6.07) is 9.18. The number of nitrogens with zero attached hydrogens (tertiary/aromatic N) is 1. The van der Waals surface area contributed by atoms with Gasteiger partial charge >= 0.3 is 5.97 Å². The fraction of sp³-hybridized carbons (Fsp3) is 0.200. The molecule has 0 unspecified atom stereocenters. The predicted molar refractivity (Wildman–Crippen MR) is 72.2 cm³/mol. The number of benzene rings is 1. The molecule has 0 fully saturated rings. The van der Waals surface area contributed by atoms with E-state index in [9.17, 15) is 4.79 Å². The lowest BCUT2D eigenvalue weighted by molar-refractivity contribution is 0.0601. The smallest absolute Gasteiger partial charge is 0.338 e. The molecule has 1 aromatic carbocycles. The number of aromatic nitrogens is 1. The number of esters is 1. The Morgan fingerprint density at radius 1 is 1.21 bits per heavy atom. The normalized spacial score (nSPS) is 10.0. The van der Waals surface area contributed by atoms with Gasteiger partial charge in [-0.2, -0.15) is 0 Å². The Kier molecular flexibility index (Phi) is 4.13. The van der Waals surface area contributed by atoms with Gasteiger partial charge in [-0.25, -0.2) is 4.79 Å². The first-order valence-electron chi connectivity index (χ1n) is 6.01. The number of rotatable bonds is 4. The summed E-state index contributed by atoms with van der Waals surface area (Å²) in [4.78, 5) is 15.8. The monoisotopic (exact) mass is 257 g/mol. The molecule has 19 heavy (non-hydrogen) atoms. The molecule has 4 heteroatoms. The molecular formula is C15H15NO3. The van der Waals surface area contributed by atoms with Crippen molar-refractivity contribution in [3.63, 3.8) is 0 Å². The van der Waals surface area contributed by atoms with Crippen LogP contribution in [-0.2, 0) is 4.74 Å². The van der Waals surface area contributed by atoms with Crippen molar-refractivity contribution in [2.75, 3.05) is 13.7 Å². The van der Waals surface area contributed by atoms with E-state index in [1.54, 1.807) is 18.5 Å². The van der Waals surface area contributed by atoms with E-state index >= 15 is 0 Å². The van der Waals surface area contributed by atoms with Gasteiger partial charge in [0, 0.05) is 18.0 Å². The summed E-state index contributed by atoms with van der Waals surface area (Å²) >= 11 is 0. The molecule has 4 nitrogen and oxygen atoms in total. The van der Waals surface area contributed by atoms with Crippen molar-refractivity contribution < 1.29 is 14.3 Å². The van der Waals surface area contributed by atoms with Gasteiger partial charge in [-0.15, -0.1) is 0 Å². The van der Waals surface area contributed by atoms with Crippen molar-refractivity contribution in [1.29, 1.82) is 0 Å². The van der Waals surface area contributed by atoms with Crippen LogP contribution in [-0.4, -0.2) is 24.7 Å². The molecule has 0 saturated carbocycles. The van der Waals surface area contributed by atoms with Crippen LogP contribution in [0.25, 0.3) is 11.1 Å². The van der Waals surface area contributed by atoms with Gasteiger partial charge in [-0.05, 0) is 30.7 Å². The second kappa shape index (κ2) is 6.00. The largest absolute Gasteiger partial charge is 0.494 e. The molecule has 0 bridgehead atoms. The molecule has 0 amide bonds. The topological polar surface area (TPSA) is 48.4 Å². The van der Waals surface area contributed by atoms with Crippen molar-refractivity contribution in [2.45, 2.75) is 6.92 Å². The van der Waals surface area contributed by atoms with Gasteiger partial charge in [0.2, 0.25) is 0 Å². The molecule has 2 aromatic rings. The number of hydrogen-bond acceptors (Lipinski definition) is 4. The van der Waals surface area contributed by atoms with E-state index in [1.807, 2.05) is 31.2 Å². The first-order valence-corrected chi connectivity index (χ1v) is 6.01. The summed E-state index contributed by atoms with van der Waals surface area (Å²) < 4.78 is 10.2. The van der Waals surface area contributed by atoms with Crippen LogP contribution in [0.5, 0.6) is 5.75 Å². The van der Waals surface area contributed by atoms with Gasteiger partial charge in [0.25, 0.3) is 0 Å². The number of hydrogen-bond donors (Lipinski definition) is 0. The Balaban J connectivity index is 2.38. The zero-order valence-corrected chi connectivity index (χ0v) is 10.9. The molecular weight excluding hydrogens is 242 g/mol. The lowest BCUT2D eigenvalue weighted by Gasteiger charge is -2.08.